The molecule has 9 rings (SSSR count). The SMILES string of the molecule is O=C1c2ccccc2CC1(O)c1c(O)c2c(c3c1OC1(O)c4ccccc4CC31O)O[C@@]1(O)c3ccccc3C[C@@]21O. The summed E-state index contributed by atoms with van der Waals surface area (Å²) in [5.41, 5.74) is -5.33. The molecule has 6 N–H and O–H groups in total. The molecule has 42 heavy (non-hydrogen) atoms. The first kappa shape index (κ1) is 24.4. The van der Waals surface area contributed by atoms with Crippen LogP contribution in [-0.4, -0.2) is 36.4 Å². The first-order chi connectivity index (χ1) is 20.0. The summed E-state index contributed by atoms with van der Waals surface area (Å²) in [7, 11) is 0. The number of aliphatic hydroxyl groups is 5. The van der Waals surface area contributed by atoms with Gasteiger partial charge in [-0.1, -0.05) is 72.8 Å². The zero-order chi connectivity index (χ0) is 29.0. The predicted octanol–water partition coefficient (Wildman–Crippen LogP) is 1.98. The second-order valence-corrected chi connectivity index (χ2v) is 12.0. The van der Waals surface area contributed by atoms with Gasteiger partial charge in [-0.15, -0.1) is 0 Å². The number of rotatable bonds is 1. The summed E-state index contributed by atoms with van der Waals surface area (Å²) in [6.45, 7) is 0. The van der Waals surface area contributed by atoms with Gasteiger partial charge in [-0.25, -0.2) is 0 Å². The number of ether oxygens (including phenoxy) is 2. The van der Waals surface area contributed by atoms with Crippen molar-refractivity contribution < 1.29 is 44.9 Å². The van der Waals surface area contributed by atoms with E-state index in [2.05, 4.69) is 0 Å². The van der Waals surface area contributed by atoms with Gasteiger partial charge in [-0.05, 0) is 16.7 Å². The van der Waals surface area contributed by atoms with E-state index in [0.29, 0.717) is 16.7 Å². The van der Waals surface area contributed by atoms with Crippen molar-refractivity contribution in [2.45, 2.75) is 47.6 Å². The van der Waals surface area contributed by atoms with Crippen LogP contribution in [0.4, 0.5) is 0 Å². The van der Waals surface area contributed by atoms with Gasteiger partial charge in [-0.2, -0.15) is 0 Å². The Kier molecular flexibility index (Phi) is 4.08. The van der Waals surface area contributed by atoms with Crippen LogP contribution in [0.1, 0.15) is 54.9 Å². The molecule has 3 aliphatic carbocycles. The average molecular weight is 565 g/mol. The van der Waals surface area contributed by atoms with Crippen LogP contribution in [0, 0.1) is 0 Å². The van der Waals surface area contributed by atoms with Gasteiger partial charge < -0.3 is 40.1 Å². The van der Waals surface area contributed by atoms with E-state index in [4.69, 9.17) is 9.47 Å². The van der Waals surface area contributed by atoms with Gasteiger partial charge in [0.05, 0.1) is 16.7 Å². The minimum atomic E-state index is -2.39. The van der Waals surface area contributed by atoms with Crippen LogP contribution < -0.4 is 9.47 Å². The van der Waals surface area contributed by atoms with Gasteiger partial charge >= 0.3 is 0 Å². The quantitative estimate of drug-likeness (QED) is 0.203. The molecular weight excluding hydrogens is 540 g/mol. The van der Waals surface area contributed by atoms with Crippen LogP contribution in [0.2, 0.25) is 0 Å². The lowest BCUT2D eigenvalue weighted by molar-refractivity contribution is -0.249. The lowest BCUT2D eigenvalue weighted by Gasteiger charge is -2.32. The smallest absolute Gasteiger partial charge is 0.269 e. The van der Waals surface area contributed by atoms with Crippen LogP contribution in [0.25, 0.3) is 0 Å². The first-order valence-corrected chi connectivity index (χ1v) is 13.7. The number of ketones is 1. The van der Waals surface area contributed by atoms with E-state index in [1.54, 1.807) is 72.8 Å². The molecule has 2 aliphatic heterocycles. The highest BCUT2D eigenvalue weighted by atomic mass is 16.7. The third kappa shape index (κ3) is 2.34. The molecule has 210 valence electrons. The minimum absolute atomic E-state index is 0.146. The average Bonchev–Trinajstić information content (AvgIpc) is 3.59. The zero-order valence-corrected chi connectivity index (χ0v) is 22.0. The van der Waals surface area contributed by atoms with Crippen molar-refractivity contribution in [3.8, 4) is 17.2 Å². The molecule has 0 amide bonds. The summed E-state index contributed by atoms with van der Waals surface area (Å²) in [5, 5.41) is 72.9. The number of benzene rings is 4. The highest BCUT2D eigenvalue weighted by Gasteiger charge is 2.73. The molecule has 0 radical (unpaired) electrons. The molecule has 2 heterocycles. The van der Waals surface area contributed by atoms with Crippen LogP contribution in [-0.2, 0) is 47.6 Å². The fourth-order valence-electron chi connectivity index (χ4n) is 8.05. The molecule has 0 spiro atoms. The van der Waals surface area contributed by atoms with Crippen LogP contribution in [0.15, 0.2) is 72.8 Å². The Morgan fingerprint density at radius 3 is 1.62 bits per heavy atom. The van der Waals surface area contributed by atoms with Crippen molar-refractivity contribution in [2.24, 2.45) is 0 Å². The maximum atomic E-state index is 13.8. The van der Waals surface area contributed by atoms with E-state index < -0.39 is 45.5 Å². The number of fused-ring (bicyclic) bond motifs is 12. The van der Waals surface area contributed by atoms with Crippen molar-refractivity contribution >= 4 is 5.78 Å². The molecule has 9 nitrogen and oxygen atoms in total. The van der Waals surface area contributed by atoms with E-state index in [9.17, 15) is 35.4 Å². The summed E-state index contributed by atoms with van der Waals surface area (Å²) in [4.78, 5) is 13.8. The number of Topliss-reactive ketones (excluding diaryl/α,β-unsaturated/α-hetero) is 1. The maximum Gasteiger partial charge on any atom is 0.269 e. The van der Waals surface area contributed by atoms with Crippen molar-refractivity contribution in [1.29, 1.82) is 0 Å². The van der Waals surface area contributed by atoms with Crippen molar-refractivity contribution in [3.05, 3.63) is 123 Å². The fraction of sp³-hybridized carbons (Fsp3) is 0.242. The fourth-order valence-corrected chi connectivity index (χ4v) is 8.05. The topological polar surface area (TPSA) is 157 Å². The number of carbonyl (C=O) groups excluding carboxylic acids is 1. The summed E-state index contributed by atoms with van der Waals surface area (Å²) in [6.07, 6.45) is -0.553. The third-order valence-corrected chi connectivity index (χ3v) is 9.98. The Bertz CT molecular complexity index is 1950. The number of phenols is 1. The van der Waals surface area contributed by atoms with E-state index >= 15 is 0 Å². The van der Waals surface area contributed by atoms with Gasteiger partial charge in [0.15, 0.2) is 22.6 Å². The Hall–Kier alpha value is -4.25. The highest BCUT2D eigenvalue weighted by Crippen LogP contribution is 2.71. The first-order valence-electron chi connectivity index (χ1n) is 13.7. The molecule has 3 unspecified atom stereocenters. The Labute approximate surface area is 238 Å². The van der Waals surface area contributed by atoms with Crippen molar-refractivity contribution in [3.63, 3.8) is 0 Å². The summed E-state index contributed by atoms with van der Waals surface area (Å²) in [6, 6.07) is 20.1. The predicted molar refractivity (Wildman–Crippen MR) is 144 cm³/mol. The number of hydrogen-bond donors (Lipinski definition) is 6. The van der Waals surface area contributed by atoms with Gasteiger partial charge in [0.2, 0.25) is 0 Å². The largest absolute Gasteiger partial charge is 0.507 e. The molecule has 4 aromatic carbocycles. The summed E-state index contributed by atoms with van der Waals surface area (Å²) in [5.74, 6) is -6.83. The molecule has 0 saturated heterocycles. The third-order valence-electron chi connectivity index (χ3n) is 9.98. The molecular formula is C33H24O9. The Balaban J connectivity index is 1.37. The minimum Gasteiger partial charge on any atom is -0.507 e. The summed E-state index contributed by atoms with van der Waals surface area (Å²) < 4.78 is 12.3. The van der Waals surface area contributed by atoms with E-state index in [1.807, 2.05) is 0 Å². The number of aromatic hydroxyl groups is 1. The lowest BCUT2D eigenvalue weighted by Crippen LogP contribution is -2.46. The molecule has 5 aliphatic rings. The van der Waals surface area contributed by atoms with Crippen molar-refractivity contribution in [1.82, 2.24) is 0 Å². The molecule has 0 saturated carbocycles. The van der Waals surface area contributed by atoms with Crippen molar-refractivity contribution in [2.75, 3.05) is 0 Å². The van der Waals surface area contributed by atoms with Gasteiger partial charge in [0.1, 0.15) is 17.2 Å². The number of carbonyl (C=O) groups is 1. The second kappa shape index (κ2) is 7.03. The summed E-state index contributed by atoms with van der Waals surface area (Å²) >= 11 is 0. The van der Waals surface area contributed by atoms with E-state index in [-0.39, 0.29) is 58.6 Å². The molecule has 0 bridgehead atoms. The van der Waals surface area contributed by atoms with Crippen LogP contribution in [0.3, 0.4) is 0 Å². The molecule has 0 fully saturated rings. The monoisotopic (exact) mass is 564 g/mol. The molecule has 4 aromatic rings. The zero-order valence-electron chi connectivity index (χ0n) is 22.0. The Morgan fingerprint density at radius 1 is 0.571 bits per heavy atom. The van der Waals surface area contributed by atoms with Crippen LogP contribution >= 0.6 is 0 Å². The lowest BCUT2D eigenvalue weighted by atomic mass is 9.77. The molecule has 5 atom stereocenters. The normalized spacial score (nSPS) is 34.1. The maximum absolute atomic E-state index is 13.8. The Morgan fingerprint density at radius 2 is 1.05 bits per heavy atom. The second-order valence-electron chi connectivity index (χ2n) is 12.0. The van der Waals surface area contributed by atoms with Crippen LogP contribution in [0.5, 0.6) is 17.2 Å². The number of hydrogen-bond acceptors (Lipinski definition) is 9. The van der Waals surface area contributed by atoms with E-state index in [1.165, 1.54) is 0 Å². The van der Waals surface area contributed by atoms with Gasteiger partial charge in [-0.3, -0.25) is 4.79 Å². The number of phenolic OH excluding ortho intramolecular Hbond substituents is 1. The van der Waals surface area contributed by atoms with Gasteiger partial charge in [0, 0.05) is 36.0 Å². The highest BCUT2D eigenvalue weighted by molar-refractivity contribution is 6.08. The molecule has 9 heteroatoms. The van der Waals surface area contributed by atoms with E-state index in [0.717, 1.165) is 0 Å². The standard InChI is InChI=1S/C33H24O9/c34-25-22(29(36)13-16-7-1-4-10-19(16)28(29)35)26-24(31(38)15-18-9-3-6-12-21(18)33(31,40)41-26)27-23(25)30(37)14-17-8-2-5-11-20(17)32(30,39)42-27/h1-12,34,36-40H,13-15H2/t29?,30-,31?,32+,33?/m1/s1. The van der Waals surface area contributed by atoms with Gasteiger partial charge in [0.25, 0.3) is 11.6 Å². The molecule has 0 aromatic heterocycles.